The van der Waals surface area contributed by atoms with Gasteiger partial charge in [-0.1, -0.05) is 12.1 Å². The van der Waals surface area contributed by atoms with Gasteiger partial charge in [-0.25, -0.2) is 17.5 Å². The summed E-state index contributed by atoms with van der Waals surface area (Å²) >= 11 is 0. The van der Waals surface area contributed by atoms with E-state index in [-0.39, 0.29) is 6.09 Å². The van der Waals surface area contributed by atoms with Crippen molar-refractivity contribution in [3.63, 3.8) is 0 Å². The van der Waals surface area contributed by atoms with Crippen LogP contribution in [-0.2, 0) is 21.3 Å². The van der Waals surface area contributed by atoms with Gasteiger partial charge in [0.05, 0.1) is 4.90 Å². The summed E-state index contributed by atoms with van der Waals surface area (Å²) in [5.41, 5.74) is 0.510. The van der Waals surface area contributed by atoms with E-state index >= 15 is 0 Å². The lowest BCUT2D eigenvalue weighted by molar-refractivity contribution is 0.0509. The molecule has 0 unspecified atom stereocenters. The number of carbonyl (C=O) groups excluding carboxylic acids is 1. The lowest BCUT2D eigenvalue weighted by Gasteiger charge is -2.32. The summed E-state index contributed by atoms with van der Waals surface area (Å²) < 4.78 is 31.1. The highest BCUT2D eigenvalue weighted by molar-refractivity contribution is 7.89. The summed E-state index contributed by atoms with van der Waals surface area (Å²) in [6.07, 6.45) is 1.62. The van der Waals surface area contributed by atoms with Gasteiger partial charge in [-0.2, -0.15) is 0 Å². The van der Waals surface area contributed by atoms with Crippen LogP contribution in [0.4, 0.5) is 4.79 Å². The summed E-state index contributed by atoms with van der Waals surface area (Å²) in [5, 5.41) is 2.86. The third kappa shape index (κ3) is 6.76. The molecule has 0 atom stereocenters. The normalized spacial score (nSPS) is 16.9. The summed E-state index contributed by atoms with van der Waals surface area (Å²) in [6, 6.07) is 7.15. The third-order valence-corrected chi connectivity index (χ3v) is 6.54. The molecule has 28 heavy (non-hydrogen) atoms. The van der Waals surface area contributed by atoms with E-state index in [4.69, 9.17) is 4.74 Å². The minimum atomic E-state index is -3.41. The fourth-order valence-corrected chi connectivity index (χ4v) is 4.14. The van der Waals surface area contributed by atoms with Crippen LogP contribution in [0.3, 0.4) is 0 Å². The van der Waals surface area contributed by atoms with Crippen LogP contribution in [0.15, 0.2) is 29.2 Å². The number of piperidine rings is 1. The van der Waals surface area contributed by atoms with Crippen LogP contribution in [0.2, 0.25) is 0 Å². The highest BCUT2D eigenvalue weighted by Gasteiger charge is 2.22. The number of likely N-dealkylation sites (tertiary alicyclic amines) is 1. The molecule has 0 aliphatic carbocycles. The van der Waals surface area contributed by atoms with Crippen LogP contribution < -0.4 is 5.32 Å². The fraction of sp³-hybridized carbons (Fsp3) is 0.650. The van der Waals surface area contributed by atoms with Gasteiger partial charge in [0.1, 0.15) is 5.60 Å². The monoisotopic (exact) mass is 411 g/mol. The van der Waals surface area contributed by atoms with Gasteiger partial charge in [-0.15, -0.1) is 0 Å². The average molecular weight is 412 g/mol. The molecular weight excluding hydrogens is 378 g/mol. The van der Waals surface area contributed by atoms with Gasteiger partial charge in [0.25, 0.3) is 0 Å². The minimum Gasteiger partial charge on any atom is -0.444 e. The van der Waals surface area contributed by atoms with E-state index in [0.29, 0.717) is 17.4 Å². The summed E-state index contributed by atoms with van der Waals surface area (Å²) in [4.78, 5) is 14.4. The van der Waals surface area contributed by atoms with Gasteiger partial charge in [0.15, 0.2) is 0 Å². The Balaban J connectivity index is 1.82. The molecule has 0 aromatic heterocycles. The smallest absolute Gasteiger partial charge is 0.407 e. The van der Waals surface area contributed by atoms with Crippen LogP contribution in [0.25, 0.3) is 0 Å². The Bertz CT molecular complexity index is 764. The summed E-state index contributed by atoms with van der Waals surface area (Å²) in [6.45, 7) is 8.75. The Labute approximate surface area is 169 Å². The molecule has 1 aromatic rings. The number of hydrogen-bond acceptors (Lipinski definition) is 5. The zero-order valence-electron chi connectivity index (χ0n) is 17.6. The van der Waals surface area contributed by atoms with Crippen molar-refractivity contribution < 1.29 is 17.9 Å². The largest absolute Gasteiger partial charge is 0.444 e. The van der Waals surface area contributed by atoms with Crippen LogP contribution >= 0.6 is 0 Å². The van der Waals surface area contributed by atoms with Crippen LogP contribution in [-0.4, -0.2) is 63.0 Å². The molecule has 0 saturated carbocycles. The van der Waals surface area contributed by atoms with Gasteiger partial charge < -0.3 is 10.1 Å². The lowest BCUT2D eigenvalue weighted by Crippen LogP contribution is -2.40. The second-order valence-electron chi connectivity index (χ2n) is 8.54. The molecule has 1 amide bonds. The van der Waals surface area contributed by atoms with Gasteiger partial charge in [-0.05, 0) is 70.3 Å². The quantitative estimate of drug-likeness (QED) is 0.779. The number of nitrogens with one attached hydrogen (secondary N) is 1. The molecule has 0 radical (unpaired) electrons. The molecule has 1 N–H and O–H groups in total. The van der Waals surface area contributed by atoms with Crippen molar-refractivity contribution in [2.75, 3.05) is 33.7 Å². The summed E-state index contributed by atoms with van der Waals surface area (Å²) in [5.74, 6) is 0.434. The number of benzene rings is 1. The van der Waals surface area contributed by atoms with Crippen molar-refractivity contribution in [2.45, 2.75) is 50.7 Å². The molecule has 1 aliphatic rings. The first-order valence-corrected chi connectivity index (χ1v) is 11.1. The fourth-order valence-electron chi connectivity index (χ4n) is 3.16. The van der Waals surface area contributed by atoms with Gasteiger partial charge in [0.2, 0.25) is 10.0 Å². The van der Waals surface area contributed by atoms with Crippen LogP contribution in [0.5, 0.6) is 0 Å². The SMILES string of the molecule is CN(C)S(=O)(=O)c1cccc(CN2CCC(CNC(=O)OC(C)(C)C)CC2)c1. The maximum absolute atomic E-state index is 12.3. The van der Waals surface area contributed by atoms with E-state index in [1.54, 1.807) is 18.2 Å². The predicted octanol–water partition coefficient (Wildman–Crippen LogP) is 2.67. The van der Waals surface area contributed by atoms with Crippen molar-refractivity contribution in [1.29, 1.82) is 0 Å². The maximum atomic E-state index is 12.3. The molecule has 158 valence electrons. The molecule has 1 fully saturated rings. The molecule has 8 heteroatoms. The molecule has 0 bridgehead atoms. The topological polar surface area (TPSA) is 79.0 Å². The van der Waals surface area contributed by atoms with E-state index in [0.717, 1.165) is 38.0 Å². The second-order valence-corrected chi connectivity index (χ2v) is 10.7. The Morgan fingerprint density at radius 3 is 2.46 bits per heavy atom. The molecule has 0 spiro atoms. The Morgan fingerprint density at radius 1 is 1.25 bits per heavy atom. The number of amides is 1. The maximum Gasteiger partial charge on any atom is 0.407 e. The first-order valence-electron chi connectivity index (χ1n) is 9.68. The number of nitrogens with zero attached hydrogens (tertiary/aromatic N) is 2. The van der Waals surface area contributed by atoms with Crippen molar-refractivity contribution >= 4 is 16.1 Å². The van der Waals surface area contributed by atoms with Crippen molar-refractivity contribution in [1.82, 2.24) is 14.5 Å². The van der Waals surface area contributed by atoms with E-state index in [2.05, 4.69) is 10.2 Å². The van der Waals surface area contributed by atoms with E-state index < -0.39 is 15.6 Å². The van der Waals surface area contributed by atoms with Crippen LogP contribution in [0.1, 0.15) is 39.2 Å². The highest BCUT2D eigenvalue weighted by Crippen LogP contribution is 2.21. The standard InChI is InChI=1S/C20H33N3O4S/c1-20(2,3)27-19(24)21-14-16-9-11-23(12-10-16)15-17-7-6-8-18(13-17)28(25,26)22(4)5/h6-8,13,16H,9-12,14-15H2,1-5H3,(H,21,24). The number of sulfonamides is 1. The van der Waals surface area contributed by atoms with Crippen molar-refractivity contribution in [2.24, 2.45) is 5.92 Å². The number of rotatable bonds is 6. The molecule has 2 rings (SSSR count). The number of hydrogen-bond donors (Lipinski definition) is 1. The number of ether oxygens (including phenoxy) is 1. The second kappa shape index (κ2) is 9.24. The van der Waals surface area contributed by atoms with E-state index in [1.165, 1.54) is 18.4 Å². The lowest BCUT2D eigenvalue weighted by atomic mass is 9.96. The van der Waals surface area contributed by atoms with Gasteiger partial charge >= 0.3 is 6.09 Å². The van der Waals surface area contributed by atoms with Gasteiger partial charge in [0, 0.05) is 27.2 Å². The Hall–Kier alpha value is -1.64. The van der Waals surface area contributed by atoms with Gasteiger partial charge in [-0.3, -0.25) is 4.90 Å². The first-order chi connectivity index (χ1) is 13.0. The number of carbonyl (C=O) groups is 1. The predicted molar refractivity (Wildman–Crippen MR) is 110 cm³/mol. The average Bonchev–Trinajstić information content (AvgIpc) is 2.60. The van der Waals surface area contributed by atoms with Crippen molar-refractivity contribution in [3.8, 4) is 0 Å². The van der Waals surface area contributed by atoms with Crippen molar-refractivity contribution in [3.05, 3.63) is 29.8 Å². The zero-order valence-corrected chi connectivity index (χ0v) is 18.4. The summed E-state index contributed by atoms with van der Waals surface area (Å²) in [7, 11) is -0.335. The number of alkyl carbamates (subject to hydrolysis) is 1. The highest BCUT2D eigenvalue weighted by atomic mass is 32.2. The molecular formula is C20H33N3O4S. The molecule has 1 aromatic carbocycles. The van der Waals surface area contributed by atoms with E-state index in [9.17, 15) is 13.2 Å². The molecule has 7 nitrogen and oxygen atoms in total. The Morgan fingerprint density at radius 2 is 1.89 bits per heavy atom. The Kier molecular flexibility index (Phi) is 7.47. The zero-order chi connectivity index (χ0) is 20.9. The first kappa shape index (κ1) is 22.6. The molecule has 1 heterocycles. The molecule has 1 saturated heterocycles. The molecule has 1 aliphatic heterocycles. The third-order valence-electron chi connectivity index (χ3n) is 4.72. The van der Waals surface area contributed by atoms with Crippen LogP contribution in [0, 0.1) is 5.92 Å². The minimum absolute atomic E-state index is 0.325. The van der Waals surface area contributed by atoms with E-state index in [1.807, 2.05) is 26.8 Å².